The minimum Gasteiger partial charge on any atom is -0.381 e. The molecule has 0 amide bonds. The maximum Gasteiger partial charge on any atom is 0.0517 e. The zero-order chi connectivity index (χ0) is 10.9. The van der Waals surface area contributed by atoms with Crippen LogP contribution in [0.3, 0.4) is 0 Å². The van der Waals surface area contributed by atoms with Gasteiger partial charge in [0.1, 0.15) is 0 Å². The number of ether oxygens (including phenoxy) is 1. The van der Waals surface area contributed by atoms with Crippen LogP contribution in [0.15, 0.2) is 0 Å². The standard InChI is InChI=1S/C12H27NO/c1-5-7-9-13-10-8-12(3,4)11-14-6-2/h13H,5-11H2,1-4H3. The molecule has 0 aromatic carbocycles. The van der Waals surface area contributed by atoms with Crippen LogP contribution in [0.5, 0.6) is 0 Å². The Hall–Kier alpha value is -0.0800. The molecule has 1 N–H and O–H groups in total. The lowest BCUT2D eigenvalue weighted by Crippen LogP contribution is -2.26. The molecule has 0 bridgehead atoms. The van der Waals surface area contributed by atoms with Gasteiger partial charge in [0.15, 0.2) is 0 Å². The zero-order valence-corrected chi connectivity index (χ0v) is 10.4. The molecule has 0 rings (SSSR count). The van der Waals surface area contributed by atoms with E-state index in [1.807, 2.05) is 0 Å². The molecule has 0 aliphatic heterocycles. The van der Waals surface area contributed by atoms with Gasteiger partial charge in [-0.3, -0.25) is 0 Å². The van der Waals surface area contributed by atoms with Crippen molar-refractivity contribution in [3.63, 3.8) is 0 Å². The van der Waals surface area contributed by atoms with Gasteiger partial charge in [0.25, 0.3) is 0 Å². The Morgan fingerprint density at radius 1 is 1.14 bits per heavy atom. The molecule has 0 spiro atoms. The fourth-order valence-corrected chi connectivity index (χ4v) is 1.30. The minimum absolute atomic E-state index is 0.315. The van der Waals surface area contributed by atoms with Crippen LogP contribution in [0.4, 0.5) is 0 Å². The molecule has 0 atom stereocenters. The van der Waals surface area contributed by atoms with Crippen molar-refractivity contribution in [1.82, 2.24) is 5.32 Å². The average molecular weight is 201 g/mol. The molecule has 86 valence electrons. The number of nitrogens with one attached hydrogen (secondary N) is 1. The van der Waals surface area contributed by atoms with Crippen molar-refractivity contribution >= 4 is 0 Å². The monoisotopic (exact) mass is 201 g/mol. The highest BCUT2D eigenvalue weighted by Gasteiger charge is 2.16. The van der Waals surface area contributed by atoms with Crippen molar-refractivity contribution < 1.29 is 4.74 Å². The first-order valence-corrected chi connectivity index (χ1v) is 5.91. The first-order valence-electron chi connectivity index (χ1n) is 5.91. The lowest BCUT2D eigenvalue weighted by atomic mass is 9.90. The maximum absolute atomic E-state index is 5.45. The van der Waals surface area contributed by atoms with E-state index < -0.39 is 0 Å². The van der Waals surface area contributed by atoms with E-state index in [9.17, 15) is 0 Å². The molecule has 2 heteroatoms. The molecule has 0 aromatic rings. The normalized spacial score (nSPS) is 12.0. The highest BCUT2D eigenvalue weighted by Crippen LogP contribution is 2.19. The molecule has 0 radical (unpaired) electrons. The van der Waals surface area contributed by atoms with Gasteiger partial charge in [0, 0.05) is 6.61 Å². The summed E-state index contributed by atoms with van der Waals surface area (Å²) in [5.41, 5.74) is 0.315. The van der Waals surface area contributed by atoms with Crippen molar-refractivity contribution in [2.75, 3.05) is 26.3 Å². The van der Waals surface area contributed by atoms with Gasteiger partial charge in [-0.15, -0.1) is 0 Å². The highest BCUT2D eigenvalue weighted by atomic mass is 16.5. The third-order valence-electron chi connectivity index (χ3n) is 2.38. The lowest BCUT2D eigenvalue weighted by Gasteiger charge is -2.24. The van der Waals surface area contributed by atoms with Crippen molar-refractivity contribution in [3.8, 4) is 0 Å². The summed E-state index contributed by atoms with van der Waals surface area (Å²) >= 11 is 0. The number of hydrogen-bond acceptors (Lipinski definition) is 2. The van der Waals surface area contributed by atoms with E-state index in [2.05, 4.69) is 33.0 Å². The van der Waals surface area contributed by atoms with Crippen molar-refractivity contribution in [3.05, 3.63) is 0 Å². The smallest absolute Gasteiger partial charge is 0.0517 e. The first kappa shape index (κ1) is 13.9. The van der Waals surface area contributed by atoms with E-state index in [1.165, 1.54) is 19.3 Å². The van der Waals surface area contributed by atoms with Gasteiger partial charge in [0.05, 0.1) is 6.61 Å². The van der Waals surface area contributed by atoms with Crippen LogP contribution < -0.4 is 5.32 Å². The van der Waals surface area contributed by atoms with Gasteiger partial charge in [-0.1, -0.05) is 27.2 Å². The molecule has 14 heavy (non-hydrogen) atoms. The van der Waals surface area contributed by atoms with Crippen LogP contribution >= 0.6 is 0 Å². The second-order valence-corrected chi connectivity index (χ2v) is 4.65. The van der Waals surface area contributed by atoms with Gasteiger partial charge in [-0.05, 0) is 38.3 Å². The predicted octanol–water partition coefficient (Wildman–Crippen LogP) is 2.83. The molecule has 0 aliphatic rings. The first-order chi connectivity index (χ1) is 6.62. The predicted molar refractivity (Wildman–Crippen MR) is 62.7 cm³/mol. The lowest BCUT2D eigenvalue weighted by molar-refractivity contribution is 0.0662. The Morgan fingerprint density at radius 3 is 2.43 bits per heavy atom. The molecule has 2 nitrogen and oxygen atoms in total. The molecule has 0 saturated heterocycles. The molecular weight excluding hydrogens is 174 g/mol. The van der Waals surface area contributed by atoms with E-state index in [0.29, 0.717) is 5.41 Å². The molecule has 0 unspecified atom stereocenters. The van der Waals surface area contributed by atoms with Crippen LogP contribution in [0.1, 0.15) is 47.0 Å². The molecule has 0 aromatic heterocycles. The van der Waals surface area contributed by atoms with E-state index in [-0.39, 0.29) is 0 Å². The van der Waals surface area contributed by atoms with Gasteiger partial charge in [-0.25, -0.2) is 0 Å². The summed E-state index contributed by atoms with van der Waals surface area (Å²) < 4.78 is 5.45. The minimum atomic E-state index is 0.315. The van der Waals surface area contributed by atoms with E-state index in [4.69, 9.17) is 4.74 Å². The Balaban J connectivity index is 3.35. The highest BCUT2D eigenvalue weighted by molar-refractivity contribution is 4.69. The maximum atomic E-state index is 5.45. The van der Waals surface area contributed by atoms with Crippen LogP contribution in [0, 0.1) is 5.41 Å². The Kier molecular flexibility index (Phi) is 8.20. The third kappa shape index (κ3) is 8.52. The second kappa shape index (κ2) is 8.25. The van der Waals surface area contributed by atoms with Crippen LogP contribution in [0.25, 0.3) is 0 Å². The largest absolute Gasteiger partial charge is 0.381 e. The van der Waals surface area contributed by atoms with Crippen molar-refractivity contribution in [1.29, 1.82) is 0 Å². The Labute approximate surface area is 89.4 Å². The molecule has 0 aliphatic carbocycles. The number of rotatable bonds is 9. The van der Waals surface area contributed by atoms with Crippen molar-refractivity contribution in [2.45, 2.75) is 47.0 Å². The zero-order valence-electron chi connectivity index (χ0n) is 10.4. The van der Waals surface area contributed by atoms with Gasteiger partial charge in [-0.2, -0.15) is 0 Å². The summed E-state index contributed by atoms with van der Waals surface area (Å²) in [6, 6.07) is 0. The van der Waals surface area contributed by atoms with E-state index >= 15 is 0 Å². The summed E-state index contributed by atoms with van der Waals surface area (Å²) in [6.45, 7) is 12.8. The third-order valence-corrected chi connectivity index (χ3v) is 2.38. The summed E-state index contributed by atoms with van der Waals surface area (Å²) in [5, 5.41) is 3.46. The fraction of sp³-hybridized carbons (Fsp3) is 1.00. The average Bonchev–Trinajstić information content (AvgIpc) is 2.15. The Bertz CT molecular complexity index is 123. The van der Waals surface area contributed by atoms with Crippen molar-refractivity contribution in [2.24, 2.45) is 5.41 Å². The Morgan fingerprint density at radius 2 is 1.86 bits per heavy atom. The van der Waals surface area contributed by atoms with Crippen LogP contribution in [-0.4, -0.2) is 26.3 Å². The summed E-state index contributed by atoms with van der Waals surface area (Å²) in [5.74, 6) is 0. The van der Waals surface area contributed by atoms with Gasteiger partial charge >= 0.3 is 0 Å². The molecule has 0 saturated carbocycles. The van der Waals surface area contributed by atoms with E-state index in [1.54, 1.807) is 0 Å². The van der Waals surface area contributed by atoms with Gasteiger partial charge in [0.2, 0.25) is 0 Å². The summed E-state index contributed by atoms with van der Waals surface area (Å²) in [6.07, 6.45) is 3.75. The molecular formula is C12H27NO. The summed E-state index contributed by atoms with van der Waals surface area (Å²) in [4.78, 5) is 0. The van der Waals surface area contributed by atoms with Gasteiger partial charge < -0.3 is 10.1 Å². The van der Waals surface area contributed by atoms with Crippen LogP contribution in [0.2, 0.25) is 0 Å². The number of unbranched alkanes of at least 4 members (excludes halogenated alkanes) is 1. The SMILES string of the molecule is CCCCNCCC(C)(C)COCC. The second-order valence-electron chi connectivity index (χ2n) is 4.65. The molecule has 0 heterocycles. The number of hydrogen-bond donors (Lipinski definition) is 1. The topological polar surface area (TPSA) is 21.3 Å². The summed E-state index contributed by atoms with van der Waals surface area (Å²) in [7, 11) is 0. The molecule has 0 fully saturated rings. The van der Waals surface area contributed by atoms with E-state index in [0.717, 1.165) is 26.3 Å². The quantitative estimate of drug-likeness (QED) is 0.579. The van der Waals surface area contributed by atoms with Crippen LogP contribution in [-0.2, 0) is 4.74 Å². The fourth-order valence-electron chi connectivity index (χ4n) is 1.30.